The highest BCUT2D eigenvalue weighted by atomic mass is 32.2. The van der Waals surface area contributed by atoms with Crippen LogP contribution in [0.4, 0.5) is 13.9 Å². The summed E-state index contributed by atoms with van der Waals surface area (Å²) in [7, 11) is 0. The van der Waals surface area contributed by atoms with Crippen LogP contribution in [0.5, 0.6) is 0 Å². The fourth-order valence-electron chi connectivity index (χ4n) is 4.09. The van der Waals surface area contributed by atoms with Crippen molar-refractivity contribution in [2.75, 3.05) is 18.1 Å². The molecule has 2 aliphatic heterocycles. The molecule has 0 saturated heterocycles. The van der Waals surface area contributed by atoms with Crippen molar-refractivity contribution in [3.63, 3.8) is 0 Å². The fourth-order valence-corrected chi connectivity index (χ4v) is 6.67. The lowest BCUT2D eigenvalue weighted by Gasteiger charge is -2.35. The monoisotopic (exact) mass is 471 g/mol. The standard InChI is InChI=1S/C23H23F2N5S2/c24-16-7-8-18(25)17(13-16)21-29-30(22-28-19-9-12-27-14-20(19)31-22)23(32-21,10-4-11-26)15-5-2-1-3-6-15/h1-3,5-8,13,27H,4,9-12,14,26H2. The van der Waals surface area contributed by atoms with E-state index < -0.39 is 16.5 Å². The maximum absolute atomic E-state index is 14.7. The second-order valence-electron chi connectivity index (χ2n) is 7.78. The molecule has 1 atom stereocenters. The van der Waals surface area contributed by atoms with Crippen LogP contribution in [0.25, 0.3) is 0 Å². The lowest BCUT2D eigenvalue weighted by molar-refractivity contribution is 0.526. The Balaban J connectivity index is 1.67. The number of fused-ring (bicyclic) bond motifs is 1. The van der Waals surface area contributed by atoms with Crippen molar-refractivity contribution in [2.24, 2.45) is 10.8 Å². The van der Waals surface area contributed by atoms with Crippen LogP contribution in [-0.2, 0) is 17.8 Å². The van der Waals surface area contributed by atoms with Crippen LogP contribution in [0.1, 0.15) is 34.5 Å². The Hall–Kier alpha value is -2.33. The Morgan fingerprint density at radius 2 is 2.00 bits per heavy atom. The molecule has 32 heavy (non-hydrogen) atoms. The van der Waals surface area contributed by atoms with Gasteiger partial charge in [-0.2, -0.15) is 5.10 Å². The van der Waals surface area contributed by atoms with Crippen molar-refractivity contribution in [3.05, 3.63) is 81.9 Å². The number of hydrogen-bond acceptors (Lipinski definition) is 7. The first-order valence-corrected chi connectivity index (χ1v) is 12.2. The van der Waals surface area contributed by atoms with Gasteiger partial charge in [0, 0.05) is 30.0 Å². The van der Waals surface area contributed by atoms with Gasteiger partial charge in [0.05, 0.1) is 5.69 Å². The topological polar surface area (TPSA) is 66.5 Å². The Morgan fingerprint density at radius 3 is 2.78 bits per heavy atom. The van der Waals surface area contributed by atoms with Gasteiger partial charge in [-0.15, -0.1) is 0 Å². The molecule has 2 aliphatic rings. The molecule has 3 heterocycles. The maximum Gasteiger partial charge on any atom is 0.208 e. The zero-order valence-electron chi connectivity index (χ0n) is 17.4. The Labute approximate surface area is 193 Å². The van der Waals surface area contributed by atoms with E-state index in [1.165, 1.54) is 22.7 Å². The molecule has 0 bridgehead atoms. The van der Waals surface area contributed by atoms with E-state index in [0.717, 1.165) is 54.5 Å². The first-order valence-electron chi connectivity index (χ1n) is 10.6. The van der Waals surface area contributed by atoms with E-state index in [1.807, 2.05) is 35.3 Å². The van der Waals surface area contributed by atoms with Crippen molar-refractivity contribution < 1.29 is 8.78 Å². The summed E-state index contributed by atoms with van der Waals surface area (Å²) in [5, 5.41) is 11.3. The summed E-state index contributed by atoms with van der Waals surface area (Å²) in [6.45, 7) is 2.19. The second-order valence-corrected chi connectivity index (χ2v) is 10.1. The summed E-state index contributed by atoms with van der Waals surface area (Å²) in [5.41, 5.74) is 8.17. The highest BCUT2D eigenvalue weighted by Gasteiger charge is 2.47. The molecular formula is C23H23F2N5S2. The summed E-state index contributed by atoms with van der Waals surface area (Å²) in [6, 6.07) is 13.5. The van der Waals surface area contributed by atoms with Gasteiger partial charge in [0.15, 0.2) is 0 Å². The van der Waals surface area contributed by atoms with Crippen LogP contribution in [0.15, 0.2) is 53.6 Å². The van der Waals surface area contributed by atoms with Gasteiger partial charge >= 0.3 is 0 Å². The van der Waals surface area contributed by atoms with Gasteiger partial charge in [-0.1, -0.05) is 53.4 Å². The van der Waals surface area contributed by atoms with E-state index in [2.05, 4.69) is 5.32 Å². The number of hydrogen-bond donors (Lipinski definition) is 2. The van der Waals surface area contributed by atoms with E-state index in [4.69, 9.17) is 15.8 Å². The summed E-state index contributed by atoms with van der Waals surface area (Å²) in [4.78, 5) is 5.46. The molecule has 0 saturated carbocycles. The van der Waals surface area contributed by atoms with Crippen LogP contribution in [0.3, 0.4) is 0 Å². The first-order chi connectivity index (χ1) is 15.6. The lowest BCUT2D eigenvalue weighted by Crippen LogP contribution is -2.38. The molecule has 166 valence electrons. The molecule has 5 nitrogen and oxygen atoms in total. The molecule has 0 radical (unpaired) electrons. The number of thioether (sulfide) groups is 1. The minimum absolute atomic E-state index is 0.161. The molecule has 3 N–H and O–H groups in total. The number of thiazole rings is 1. The van der Waals surface area contributed by atoms with Crippen molar-refractivity contribution in [1.82, 2.24) is 10.3 Å². The SMILES string of the molecule is NCCCC1(c2ccccc2)SC(c2cc(F)ccc2F)=NN1c1nc2c(s1)CNCC2. The third-order valence-electron chi connectivity index (χ3n) is 5.67. The van der Waals surface area contributed by atoms with Gasteiger partial charge in [-0.25, -0.2) is 18.8 Å². The molecule has 2 aromatic carbocycles. The zero-order valence-corrected chi connectivity index (χ0v) is 19.0. The number of nitrogens with two attached hydrogens (primary N) is 1. The van der Waals surface area contributed by atoms with Crippen LogP contribution >= 0.6 is 23.1 Å². The van der Waals surface area contributed by atoms with Crippen molar-refractivity contribution in [3.8, 4) is 0 Å². The number of nitrogens with one attached hydrogen (secondary N) is 1. The van der Waals surface area contributed by atoms with Crippen LogP contribution in [-0.4, -0.2) is 23.1 Å². The van der Waals surface area contributed by atoms with E-state index in [1.54, 1.807) is 11.3 Å². The van der Waals surface area contributed by atoms with Crippen LogP contribution in [0.2, 0.25) is 0 Å². The minimum Gasteiger partial charge on any atom is -0.330 e. The third kappa shape index (κ3) is 3.83. The molecule has 1 aromatic heterocycles. The van der Waals surface area contributed by atoms with Gasteiger partial charge in [0.1, 0.15) is 21.5 Å². The van der Waals surface area contributed by atoms with Crippen LogP contribution in [0, 0.1) is 11.6 Å². The predicted octanol–water partition coefficient (Wildman–Crippen LogP) is 4.57. The van der Waals surface area contributed by atoms with Gasteiger partial charge < -0.3 is 11.1 Å². The smallest absolute Gasteiger partial charge is 0.208 e. The molecule has 5 rings (SSSR count). The Morgan fingerprint density at radius 1 is 1.16 bits per heavy atom. The minimum atomic E-state index is -0.650. The quantitative estimate of drug-likeness (QED) is 0.551. The molecule has 3 aromatic rings. The number of nitrogens with zero attached hydrogens (tertiary/aromatic N) is 3. The highest BCUT2D eigenvalue weighted by molar-refractivity contribution is 8.15. The number of aromatic nitrogens is 1. The number of benzene rings is 2. The highest BCUT2D eigenvalue weighted by Crippen LogP contribution is 2.53. The Bertz CT molecular complexity index is 1130. The molecule has 1 unspecified atom stereocenters. The summed E-state index contributed by atoms with van der Waals surface area (Å²) < 4.78 is 28.7. The number of halogens is 2. The number of rotatable bonds is 6. The normalized spacial score (nSPS) is 20.3. The largest absolute Gasteiger partial charge is 0.330 e. The fraction of sp³-hybridized carbons (Fsp3) is 0.304. The van der Waals surface area contributed by atoms with Crippen LogP contribution < -0.4 is 16.1 Å². The van der Waals surface area contributed by atoms with E-state index in [-0.39, 0.29) is 5.56 Å². The summed E-state index contributed by atoms with van der Waals surface area (Å²) in [6.07, 6.45) is 2.30. The van der Waals surface area contributed by atoms with E-state index in [9.17, 15) is 8.78 Å². The average molecular weight is 472 g/mol. The zero-order chi connectivity index (χ0) is 22.1. The lowest BCUT2D eigenvalue weighted by atomic mass is 10.0. The maximum atomic E-state index is 14.7. The molecule has 0 amide bonds. The molecule has 0 fully saturated rings. The first kappa shape index (κ1) is 21.5. The van der Waals surface area contributed by atoms with Crippen molar-refractivity contribution in [1.29, 1.82) is 0 Å². The van der Waals surface area contributed by atoms with Gasteiger partial charge in [-0.05, 0) is 43.1 Å². The number of hydrazone groups is 1. The van der Waals surface area contributed by atoms with Crippen molar-refractivity contribution in [2.45, 2.75) is 30.7 Å². The average Bonchev–Trinajstić information content (AvgIpc) is 3.42. The molecule has 0 spiro atoms. The summed E-state index contributed by atoms with van der Waals surface area (Å²) >= 11 is 3.04. The van der Waals surface area contributed by atoms with E-state index >= 15 is 0 Å². The summed E-state index contributed by atoms with van der Waals surface area (Å²) in [5.74, 6) is -0.992. The molecule has 9 heteroatoms. The van der Waals surface area contributed by atoms with Crippen molar-refractivity contribution >= 4 is 33.3 Å². The third-order valence-corrected chi connectivity index (χ3v) is 8.19. The van der Waals surface area contributed by atoms with Gasteiger partial charge in [0.25, 0.3) is 0 Å². The Kier molecular flexibility index (Phi) is 5.98. The van der Waals surface area contributed by atoms with Gasteiger partial charge in [0.2, 0.25) is 5.13 Å². The number of anilines is 1. The second kappa shape index (κ2) is 8.90. The van der Waals surface area contributed by atoms with Gasteiger partial charge in [-0.3, -0.25) is 0 Å². The molecule has 0 aliphatic carbocycles. The predicted molar refractivity (Wildman–Crippen MR) is 127 cm³/mol. The molecular weight excluding hydrogens is 448 g/mol. The van der Waals surface area contributed by atoms with E-state index in [0.29, 0.717) is 18.0 Å².